The molecular formula is C29H26ClF2N5O4. The first kappa shape index (κ1) is 28.0. The Morgan fingerprint density at radius 3 is 2.76 bits per heavy atom. The van der Waals surface area contributed by atoms with Gasteiger partial charge in [0.05, 0.1) is 40.8 Å². The number of benzene rings is 2. The number of hydrogen-bond acceptors (Lipinski definition) is 5. The van der Waals surface area contributed by atoms with E-state index in [0.717, 1.165) is 18.3 Å². The third kappa shape index (κ3) is 5.71. The fraction of sp³-hybridized carbons (Fsp3) is 0.241. The van der Waals surface area contributed by atoms with Crippen LogP contribution in [0.1, 0.15) is 43.6 Å². The Labute approximate surface area is 239 Å². The van der Waals surface area contributed by atoms with Crippen molar-refractivity contribution in [1.29, 1.82) is 0 Å². The molecule has 3 heterocycles. The lowest BCUT2D eigenvalue weighted by Crippen LogP contribution is -2.34. The summed E-state index contributed by atoms with van der Waals surface area (Å²) < 4.78 is 34.3. The summed E-state index contributed by atoms with van der Waals surface area (Å²) in [5.41, 5.74) is 2.07. The van der Waals surface area contributed by atoms with E-state index in [4.69, 9.17) is 11.6 Å². The number of nitrogens with zero attached hydrogens (tertiary/aromatic N) is 2. The molecule has 0 saturated carbocycles. The minimum Gasteiger partial charge on any atom is -0.618 e. The number of hydrogen-bond donors (Lipinski definition) is 3. The van der Waals surface area contributed by atoms with E-state index in [1.54, 1.807) is 24.4 Å². The number of rotatable bonds is 3. The molecule has 1 aliphatic rings. The van der Waals surface area contributed by atoms with Crippen molar-refractivity contribution in [3.05, 3.63) is 88.2 Å². The standard InChI is InChI=1S/C29H26ClF2N5O4/c1-15-4-3-5-19(24-11-6-16(14-37(24)40)25-21(31)10-9-20(30)26(25)32)27-33-13-23(35-27)18-8-7-17(34-29(39)41-2)12-22(18)36-28(15)38/h6-15,19H,3-5H2,1-2H3,(H,33,35)(H,34,39)(H,36,38)/t15-,19-/m1/s1. The molecular weight excluding hydrogens is 556 g/mol. The van der Waals surface area contributed by atoms with Crippen molar-refractivity contribution in [3.8, 4) is 22.4 Å². The molecule has 2 aromatic heterocycles. The van der Waals surface area contributed by atoms with Crippen molar-refractivity contribution in [2.24, 2.45) is 5.92 Å². The highest BCUT2D eigenvalue weighted by Gasteiger charge is 2.28. The average molecular weight is 582 g/mol. The highest BCUT2D eigenvalue weighted by Crippen LogP contribution is 2.35. The zero-order chi connectivity index (χ0) is 29.3. The number of aromatic nitrogens is 3. The molecule has 12 heteroatoms. The van der Waals surface area contributed by atoms with Crippen LogP contribution < -0.4 is 15.4 Å². The molecule has 0 radical (unpaired) electrons. The first-order chi connectivity index (χ1) is 19.7. The van der Waals surface area contributed by atoms with Crippen LogP contribution in [0.25, 0.3) is 22.4 Å². The summed E-state index contributed by atoms with van der Waals surface area (Å²) in [6.07, 6.45) is 3.67. The first-order valence-electron chi connectivity index (χ1n) is 12.9. The SMILES string of the molecule is COC(=O)Nc1ccc2c(c1)NC(=O)[C@H](C)CCC[C@H](c1ccc(-c3c(F)ccc(Cl)c3F)c[n+]1[O-])c1ncc-2[nH]1. The van der Waals surface area contributed by atoms with Crippen molar-refractivity contribution in [2.75, 3.05) is 17.7 Å². The summed E-state index contributed by atoms with van der Waals surface area (Å²) in [5.74, 6) is -2.32. The molecule has 0 aliphatic carbocycles. The molecule has 0 unspecified atom stereocenters. The number of aromatic amines is 1. The molecule has 41 heavy (non-hydrogen) atoms. The third-order valence-electron chi connectivity index (χ3n) is 7.14. The van der Waals surface area contributed by atoms with E-state index in [1.807, 2.05) is 6.92 Å². The second-order valence-electron chi connectivity index (χ2n) is 9.82. The zero-order valence-electron chi connectivity index (χ0n) is 22.1. The minimum atomic E-state index is -0.947. The van der Waals surface area contributed by atoms with Gasteiger partial charge >= 0.3 is 6.09 Å². The quantitative estimate of drug-likeness (QED) is 0.147. The maximum absolute atomic E-state index is 14.6. The summed E-state index contributed by atoms with van der Waals surface area (Å²) in [6.45, 7) is 1.81. The Bertz CT molecular complexity index is 1640. The molecule has 0 fully saturated rings. The predicted octanol–water partition coefficient (Wildman–Crippen LogP) is 6.38. The zero-order valence-corrected chi connectivity index (χ0v) is 22.9. The Kier molecular flexibility index (Phi) is 7.89. The van der Waals surface area contributed by atoms with Crippen LogP contribution in [-0.2, 0) is 9.53 Å². The van der Waals surface area contributed by atoms with Gasteiger partial charge < -0.3 is 20.2 Å². The first-order valence-corrected chi connectivity index (χ1v) is 13.3. The van der Waals surface area contributed by atoms with Crippen LogP contribution in [0.4, 0.5) is 25.0 Å². The number of halogens is 3. The number of nitrogens with one attached hydrogen (secondary N) is 3. The predicted molar refractivity (Wildman–Crippen MR) is 149 cm³/mol. The molecule has 2 amide bonds. The average Bonchev–Trinajstić information content (AvgIpc) is 3.43. The molecule has 1 aliphatic heterocycles. The Morgan fingerprint density at radius 2 is 2.00 bits per heavy atom. The van der Waals surface area contributed by atoms with E-state index in [1.165, 1.54) is 19.2 Å². The molecule has 2 aromatic carbocycles. The summed E-state index contributed by atoms with van der Waals surface area (Å²) in [6, 6.07) is 10.2. The van der Waals surface area contributed by atoms with Crippen LogP contribution in [0.2, 0.25) is 5.02 Å². The molecule has 2 atom stereocenters. The van der Waals surface area contributed by atoms with E-state index < -0.39 is 23.6 Å². The molecule has 212 valence electrons. The van der Waals surface area contributed by atoms with E-state index in [-0.39, 0.29) is 28.0 Å². The van der Waals surface area contributed by atoms with E-state index in [0.29, 0.717) is 58.1 Å². The monoisotopic (exact) mass is 581 g/mol. The van der Waals surface area contributed by atoms with Gasteiger partial charge in [0.1, 0.15) is 17.6 Å². The number of pyridine rings is 1. The molecule has 4 aromatic rings. The van der Waals surface area contributed by atoms with Crippen LogP contribution in [0.3, 0.4) is 0 Å². The third-order valence-corrected chi connectivity index (χ3v) is 7.43. The normalized spacial score (nSPS) is 17.0. The van der Waals surface area contributed by atoms with Crippen LogP contribution in [0, 0.1) is 22.8 Å². The smallest absolute Gasteiger partial charge is 0.411 e. The second kappa shape index (κ2) is 11.5. The number of H-pyrrole nitrogens is 1. The van der Waals surface area contributed by atoms with Crippen LogP contribution in [-0.4, -0.2) is 29.1 Å². The fourth-order valence-corrected chi connectivity index (χ4v) is 5.08. The molecule has 3 N–H and O–H groups in total. The molecule has 0 spiro atoms. The second-order valence-corrected chi connectivity index (χ2v) is 10.2. The Hall–Kier alpha value is -4.51. The van der Waals surface area contributed by atoms with Crippen LogP contribution in [0.15, 0.2) is 54.9 Å². The van der Waals surface area contributed by atoms with Gasteiger partial charge in [0.15, 0.2) is 12.0 Å². The molecule has 9 nitrogen and oxygen atoms in total. The fourth-order valence-electron chi connectivity index (χ4n) is 4.92. The van der Waals surface area contributed by atoms with Crippen molar-refractivity contribution >= 4 is 35.0 Å². The summed E-state index contributed by atoms with van der Waals surface area (Å²) >= 11 is 5.84. The minimum absolute atomic E-state index is 0.0464. The van der Waals surface area contributed by atoms with E-state index >= 15 is 0 Å². The van der Waals surface area contributed by atoms with Gasteiger partial charge in [-0.15, -0.1) is 0 Å². The Balaban J connectivity index is 1.55. The van der Waals surface area contributed by atoms with Crippen molar-refractivity contribution in [1.82, 2.24) is 9.97 Å². The lowest BCUT2D eigenvalue weighted by atomic mass is 9.92. The van der Waals surface area contributed by atoms with Crippen molar-refractivity contribution in [3.63, 3.8) is 0 Å². The lowest BCUT2D eigenvalue weighted by molar-refractivity contribution is -0.614. The van der Waals surface area contributed by atoms with Gasteiger partial charge in [-0.1, -0.05) is 24.9 Å². The van der Waals surface area contributed by atoms with Gasteiger partial charge in [-0.3, -0.25) is 10.1 Å². The van der Waals surface area contributed by atoms with Gasteiger partial charge in [0.2, 0.25) is 11.6 Å². The molecule has 0 saturated heterocycles. The Morgan fingerprint density at radius 1 is 1.20 bits per heavy atom. The summed E-state index contributed by atoms with van der Waals surface area (Å²) in [7, 11) is 1.25. The molecule has 2 bridgehead atoms. The van der Waals surface area contributed by atoms with Gasteiger partial charge in [-0.25, -0.2) is 18.6 Å². The largest absolute Gasteiger partial charge is 0.618 e. The maximum Gasteiger partial charge on any atom is 0.411 e. The van der Waals surface area contributed by atoms with Crippen molar-refractivity contribution in [2.45, 2.75) is 32.1 Å². The van der Waals surface area contributed by atoms with E-state index in [2.05, 4.69) is 25.3 Å². The lowest BCUT2D eigenvalue weighted by Gasteiger charge is -2.19. The number of carbonyl (C=O) groups excluding carboxylic acids is 2. The molecule has 5 rings (SSSR count). The van der Waals surface area contributed by atoms with Gasteiger partial charge in [0.25, 0.3) is 0 Å². The van der Waals surface area contributed by atoms with Crippen LogP contribution in [0.5, 0.6) is 0 Å². The van der Waals surface area contributed by atoms with Gasteiger partial charge in [-0.05, 0) is 49.2 Å². The number of fused-ring (bicyclic) bond motifs is 4. The number of methoxy groups -OCH3 is 1. The number of amides is 2. The van der Waals surface area contributed by atoms with Gasteiger partial charge in [0, 0.05) is 23.2 Å². The topological polar surface area (TPSA) is 123 Å². The highest BCUT2D eigenvalue weighted by atomic mass is 35.5. The number of carbonyl (C=O) groups is 2. The van der Waals surface area contributed by atoms with Gasteiger partial charge in [-0.2, -0.15) is 4.73 Å². The number of imidazole rings is 1. The number of anilines is 2. The maximum atomic E-state index is 14.6. The highest BCUT2D eigenvalue weighted by molar-refractivity contribution is 6.31. The number of ether oxygens (including phenoxy) is 1. The summed E-state index contributed by atoms with van der Waals surface area (Å²) in [4.78, 5) is 32.6. The van der Waals surface area contributed by atoms with Crippen molar-refractivity contribution < 1.29 is 27.8 Å². The summed E-state index contributed by atoms with van der Waals surface area (Å²) in [5, 5.41) is 18.5. The van der Waals surface area contributed by atoms with Crippen LogP contribution >= 0.6 is 11.6 Å². The van der Waals surface area contributed by atoms with E-state index in [9.17, 15) is 23.6 Å².